The summed E-state index contributed by atoms with van der Waals surface area (Å²) in [7, 11) is 0. The number of rotatable bonds is 6. The van der Waals surface area contributed by atoms with Crippen molar-refractivity contribution in [3.63, 3.8) is 0 Å². The van der Waals surface area contributed by atoms with Crippen molar-refractivity contribution in [3.05, 3.63) is 33.9 Å². The molecule has 1 aliphatic heterocycles. The van der Waals surface area contributed by atoms with E-state index in [1.807, 2.05) is 0 Å². The van der Waals surface area contributed by atoms with Crippen LogP contribution in [-0.4, -0.2) is 69.8 Å². The predicted octanol–water partition coefficient (Wildman–Crippen LogP) is 2.50. The van der Waals surface area contributed by atoms with Gasteiger partial charge in [0.1, 0.15) is 0 Å². The van der Waals surface area contributed by atoms with E-state index in [1.165, 1.54) is 30.0 Å². The highest BCUT2D eigenvalue weighted by Crippen LogP contribution is 2.30. The van der Waals surface area contributed by atoms with Gasteiger partial charge in [0.2, 0.25) is 0 Å². The van der Waals surface area contributed by atoms with Crippen LogP contribution in [0.3, 0.4) is 0 Å². The van der Waals surface area contributed by atoms with Crippen molar-refractivity contribution < 1.29 is 29.1 Å². The van der Waals surface area contributed by atoms with E-state index in [9.17, 15) is 24.8 Å². The molecule has 1 N–H and O–H groups in total. The third kappa shape index (κ3) is 5.80. The number of carboxylic acid groups (broad SMARTS) is 1. The first-order valence-corrected chi connectivity index (χ1v) is 9.31. The number of carbonyl (C=O) groups is 2. The van der Waals surface area contributed by atoms with Gasteiger partial charge in [0.15, 0.2) is 11.9 Å². The van der Waals surface area contributed by atoms with Crippen molar-refractivity contribution in [2.75, 3.05) is 26.3 Å². The van der Waals surface area contributed by atoms with Crippen LogP contribution in [0.25, 0.3) is 0 Å². The van der Waals surface area contributed by atoms with E-state index in [-0.39, 0.29) is 23.9 Å². The monoisotopic (exact) mass is 409 g/mol. The quantitative estimate of drug-likeness (QED) is 0.566. The third-order valence-corrected chi connectivity index (χ3v) is 4.58. The molecular weight excluding hydrogens is 382 g/mol. The fourth-order valence-electron chi connectivity index (χ4n) is 2.96. The lowest BCUT2D eigenvalue weighted by Crippen LogP contribution is -2.46. The van der Waals surface area contributed by atoms with E-state index in [1.54, 1.807) is 25.7 Å². The Balaban J connectivity index is 2.24. The van der Waals surface area contributed by atoms with Gasteiger partial charge in [0.05, 0.1) is 18.1 Å². The fraction of sp³-hybridized carbons (Fsp3) is 0.579. The normalized spacial score (nSPS) is 15.5. The molecule has 2 rings (SSSR count). The fourth-order valence-corrected chi connectivity index (χ4v) is 2.96. The third-order valence-electron chi connectivity index (χ3n) is 4.58. The van der Waals surface area contributed by atoms with Crippen LogP contribution in [0.1, 0.15) is 33.3 Å². The van der Waals surface area contributed by atoms with Crippen molar-refractivity contribution in [1.29, 1.82) is 0 Å². The van der Waals surface area contributed by atoms with Crippen molar-refractivity contribution in [1.82, 2.24) is 9.80 Å². The number of benzene rings is 1. The summed E-state index contributed by atoms with van der Waals surface area (Å²) in [5.41, 5.74) is -0.421. The molecule has 10 nitrogen and oxygen atoms in total. The van der Waals surface area contributed by atoms with E-state index in [0.29, 0.717) is 31.9 Å². The first-order chi connectivity index (χ1) is 13.5. The molecule has 10 heteroatoms. The topological polar surface area (TPSA) is 122 Å². The number of nitrogens with zero attached hydrogens (tertiary/aromatic N) is 3. The Morgan fingerprint density at radius 1 is 1.34 bits per heavy atom. The summed E-state index contributed by atoms with van der Waals surface area (Å²) in [5, 5.41) is 20.9. The minimum atomic E-state index is -1.10. The zero-order chi connectivity index (χ0) is 21.8. The van der Waals surface area contributed by atoms with Crippen LogP contribution in [0.2, 0.25) is 0 Å². The smallest absolute Gasteiger partial charge is 0.408 e. The summed E-state index contributed by atoms with van der Waals surface area (Å²) in [6, 6.07) is 4.17. The maximum Gasteiger partial charge on any atom is 0.408 e. The van der Waals surface area contributed by atoms with Crippen LogP contribution in [-0.2, 0) is 16.1 Å². The van der Waals surface area contributed by atoms with Crippen molar-refractivity contribution in [2.45, 2.75) is 45.9 Å². The van der Waals surface area contributed by atoms with Crippen LogP contribution in [0, 0.1) is 10.1 Å². The lowest BCUT2D eigenvalue weighted by molar-refractivity contribution is -0.386. The summed E-state index contributed by atoms with van der Waals surface area (Å²) in [6.45, 7) is 8.58. The summed E-state index contributed by atoms with van der Waals surface area (Å²) in [4.78, 5) is 37.7. The molecule has 1 aromatic carbocycles. The first-order valence-electron chi connectivity index (χ1n) is 9.31. The number of hydrogen-bond donors (Lipinski definition) is 1. The number of amides is 2. The molecule has 1 aromatic rings. The Bertz CT molecular complexity index is 770. The Hall–Kier alpha value is -2.88. The Morgan fingerprint density at radius 2 is 1.97 bits per heavy atom. The Labute approximate surface area is 169 Å². The Kier molecular flexibility index (Phi) is 7.02. The largest absolute Gasteiger partial charge is 0.474 e. The summed E-state index contributed by atoms with van der Waals surface area (Å²) in [5.74, 6) is -0.351. The van der Waals surface area contributed by atoms with Crippen LogP contribution in [0.4, 0.5) is 10.5 Å². The molecule has 1 aliphatic rings. The molecule has 29 heavy (non-hydrogen) atoms. The van der Waals surface area contributed by atoms with E-state index >= 15 is 0 Å². The minimum absolute atomic E-state index is 0.0268. The maximum atomic E-state index is 12.6. The second-order valence-electron chi connectivity index (χ2n) is 7.80. The van der Waals surface area contributed by atoms with Crippen molar-refractivity contribution in [3.8, 4) is 5.75 Å². The predicted molar refractivity (Wildman–Crippen MR) is 104 cm³/mol. The standard InChI is InChI=1S/C19H27N3O7/c1-13(17(23)20-7-9-28-10-8-20)29-16-11-14(5-6-15(16)22(26)27)12-21(18(24)25)19(2,3)4/h5-6,11,13H,7-10,12H2,1-4H3,(H,24,25)/t13-/m0/s1. The van der Waals surface area contributed by atoms with Gasteiger partial charge in [-0.25, -0.2) is 4.79 Å². The molecule has 1 saturated heterocycles. The molecule has 0 radical (unpaired) electrons. The average molecular weight is 409 g/mol. The van der Waals surface area contributed by atoms with Gasteiger partial charge in [-0.15, -0.1) is 0 Å². The number of ether oxygens (including phenoxy) is 2. The molecule has 0 aliphatic carbocycles. The Morgan fingerprint density at radius 3 is 2.48 bits per heavy atom. The minimum Gasteiger partial charge on any atom is -0.474 e. The zero-order valence-electron chi connectivity index (χ0n) is 17.1. The summed E-state index contributed by atoms with van der Waals surface area (Å²) in [6.07, 6.45) is -2.03. The maximum absolute atomic E-state index is 12.6. The molecule has 0 saturated carbocycles. The van der Waals surface area contributed by atoms with Crippen LogP contribution in [0.15, 0.2) is 18.2 Å². The molecule has 1 heterocycles. The average Bonchev–Trinajstić information content (AvgIpc) is 2.64. The summed E-state index contributed by atoms with van der Waals surface area (Å²) < 4.78 is 10.9. The highest BCUT2D eigenvalue weighted by Gasteiger charge is 2.29. The van der Waals surface area contributed by atoms with Crippen molar-refractivity contribution >= 4 is 17.7 Å². The van der Waals surface area contributed by atoms with Gasteiger partial charge < -0.3 is 19.5 Å². The van der Waals surface area contributed by atoms with Crippen molar-refractivity contribution in [2.24, 2.45) is 0 Å². The molecular formula is C19H27N3O7. The molecule has 0 bridgehead atoms. The lowest BCUT2D eigenvalue weighted by atomic mass is 10.0. The van der Waals surface area contributed by atoms with E-state index < -0.39 is 22.7 Å². The van der Waals surface area contributed by atoms with E-state index in [4.69, 9.17) is 9.47 Å². The number of nitro groups is 1. The first kappa shape index (κ1) is 22.4. The molecule has 1 atom stereocenters. The molecule has 0 spiro atoms. The van der Waals surface area contributed by atoms with Crippen LogP contribution >= 0.6 is 0 Å². The van der Waals surface area contributed by atoms with Gasteiger partial charge in [0.25, 0.3) is 5.91 Å². The lowest BCUT2D eigenvalue weighted by Gasteiger charge is -2.33. The zero-order valence-corrected chi connectivity index (χ0v) is 17.1. The number of hydrogen-bond acceptors (Lipinski definition) is 6. The molecule has 0 aromatic heterocycles. The van der Waals surface area contributed by atoms with Crippen LogP contribution < -0.4 is 4.74 Å². The van der Waals surface area contributed by atoms with Gasteiger partial charge >= 0.3 is 11.8 Å². The summed E-state index contributed by atoms with van der Waals surface area (Å²) >= 11 is 0. The van der Waals surface area contributed by atoms with E-state index in [0.717, 1.165) is 0 Å². The molecule has 160 valence electrons. The van der Waals surface area contributed by atoms with E-state index in [2.05, 4.69) is 0 Å². The highest BCUT2D eigenvalue weighted by atomic mass is 16.6. The van der Waals surface area contributed by atoms with Gasteiger partial charge in [-0.2, -0.15) is 0 Å². The number of nitro benzene ring substituents is 1. The number of morpholine rings is 1. The molecule has 2 amide bonds. The number of carbonyl (C=O) groups excluding carboxylic acids is 1. The van der Waals surface area contributed by atoms with Gasteiger partial charge in [0, 0.05) is 31.2 Å². The van der Waals surface area contributed by atoms with Gasteiger partial charge in [-0.05, 0) is 39.3 Å². The second kappa shape index (κ2) is 9.08. The highest BCUT2D eigenvalue weighted by molar-refractivity contribution is 5.81. The van der Waals surface area contributed by atoms with Gasteiger partial charge in [-0.3, -0.25) is 19.8 Å². The second-order valence-corrected chi connectivity index (χ2v) is 7.80. The molecule has 0 unspecified atom stereocenters. The van der Waals surface area contributed by atoms with Gasteiger partial charge in [-0.1, -0.05) is 6.07 Å². The SMILES string of the molecule is C[C@H](Oc1cc(CN(C(=O)O)C(C)(C)C)ccc1[N+](=O)[O-])C(=O)N1CCOCC1. The van der Waals surface area contributed by atoms with Crippen LogP contribution in [0.5, 0.6) is 5.75 Å². The molecule has 1 fully saturated rings.